The summed E-state index contributed by atoms with van der Waals surface area (Å²) in [6.07, 6.45) is 1.63. The summed E-state index contributed by atoms with van der Waals surface area (Å²) in [5.41, 5.74) is 4.40. The van der Waals surface area contributed by atoms with Gasteiger partial charge in [0, 0.05) is 6.54 Å². The number of carbonyl (C=O) groups excluding carboxylic acids is 1. The largest absolute Gasteiger partial charge is 0.480 e. The van der Waals surface area contributed by atoms with Crippen LogP contribution in [0, 0.1) is 20.8 Å². The van der Waals surface area contributed by atoms with E-state index >= 15 is 0 Å². The molecule has 4 nitrogen and oxygen atoms in total. The lowest BCUT2D eigenvalue weighted by Crippen LogP contribution is -2.41. The summed E-state index contributed by atoms with van der Waals surface area (Å²) >= 11 is 0. The van der Waals surface area contributed by atoms with E-state index in [0.717, 1.165) is 23.1 Å². The van der Waals surface area contributed by atoms with Gasteiger partial charge in [0.15, 0.2) is 0 Å². The van der Waals surface area contributed by atoms with E-state index in [2.05, 4.69) is 12.1 Å². The molecule has 20 heavy (non-hydrogen) atoms. The highest BCUT2D eigenvalue weighted by Crippen LogP contribution is 2.22. The van der Waals surface area contributed by atoms with Crippen LogP contribution >= 0.6 is 0 Å². The fourth-order valence-corrected chi connectivity index (χ4v) is 3.06. The number of carbonyl (C=O) groups is 2. The molecule has 1 aromatic carbocycles. The quantitative estimate of drug-likeness (QED) is 0.920. The normalized spacial score (nSPS) is 18.4. The molecule has 2 rings (SSSR count). The van der Waals surface area contributed by atoms with E-state index in [-0.39, 0.29) is 5.91 Å². The van der Waals surface area contributed by atoms with Crippen LogP contribution in [0.15, 0.2) is 12.1 Å². The Morgan fingerprint density at radius 3 is 2.40 bits per heavy atom. The predicted octanol–water partition coefficient (Wildman–Crippen LogP) is 2.23. The summed E-state index contributed by atoms with van der Waals surface area (Å²) in [6, 6.07) is 3.48. The van der Waals surface area contributed by atoms with Crippen molar-refractivity contribution < 1.29 is 14.7 Å². The highest BCUT2D eigenvalue weighted by Gasteiger charge is 2.33. The molecule has 1 saturated heterocycles. The number of hydrogen-bond donors (Lipinski definition) is 1. The minimum absolute atomic E-state index is 0.0787. The van der Waals surface area contributed by atoms with Crippen molar-refractivity contribution in [2.75, 3.05) is 6.54 Å². The number of aryl methyl sites for hydroxylation is 3. The summed E-state index contributed by atoms with van der Waals surface area (Å²) in [6.45, 7) is 6.59. The maximum atomic E-state index is 12.4. The summed E-state index contributed by atoms with van der Waals surface area (Å²) < 4.78 is 0. The first kappa shape index (κ1) is 14.6. The van der Waals surface area contributed by atoms with E-state index in [1.807, 2.05) is 20.8 Å². The number of amides is 1. The molecule has 1 aliphatic heterocycles. The third kappa shape index (κ3) is 2.84. The van der Waals surface area contributed by atoms with Gasteiger partial charge in [-0.3, -0.25) is 4.79 Å². The van der Waals surface area contributed by atoms with E-state index in [1.54, 1.807) is 0 Å². The van der Waals surface area contributed by atoms with Crippen LogP contribution in [0.1, 0.15) is 35.1 Å². The van der Waals surface area contributed by atoms with Gasteiger partial charge in [0.25, 0.3) is 0 Å². The van der Waals surface area contributed by atoms with Gasteiger partial charge < -0.3 is 10.0 Å². The Bertz CT molecular complexity index is 528. The van der Waals surface area contributed by atoms with Gasteiger partial charge in [0.1, 0.15) is 6.04 Å². The van der Waals surface area contributed by atoms with Gasteiger partial charge in [-0.15, -0.1) is 0 Å². The van der Waals surface area contributed by atoms with E-state index in [0.29, 0.717) is 19.4 Å². The van der Waals surface area contributed by atoms with Crippen molar-refractivity contribution in [1.29, 1.82) is 0 Å². The van der Waals surface area contributed by atoms with Crippen molar-refractivity contribution in [2.24, 2.45) is 0 Å². The number of aliphatic carboxylic acids is 1. The number of hydrogen-bond acceptors (Lipinski definition) is 2. The van der Waals surface area contributed by atoms with Crippen molar-refractivity contribution in [2.45, 2.75) is 46.1 Å². The smallest absolute Gasteiger partial charge is 0.326 e. The fraction of sp³-hybridized carbons (Fsp3) is 0.500. The first-order valence-corrected chi connectivity index (χ1v) is 6.99. The van der Waals surface area contributed by atoms with Crippen molar-refractivity contribution in [3.63, 3.8) is 0 Å². The summed E-state index contributed by atoms with van der Waals surface area (Å²) in [5, 5.41) is 9.15. The van der Waals surface area contributed by atoms with Gasteiger partial charge in [-0.05, 0) is 50.3 Å². The molecule has 1 amide bonds. The average molecular weight is 275 g/mol. The van der Waals surface area contributed by atoms with Crippen LogP contribution in [0.5, 0.6) is 0 Å². The molecule has 4 heteroatoms. The Labute approximate surface area is 119 Å². The lowest BCUT2D eigenvalue weighted by atomic mass is 9.97. The first-order valence-electron chi connectivity index (χ1n) is 6.99. The van der Waals surface area contributed by atoms with Crippen LogP contribution in [0.3, 0.4) is 0 Å². The topological polar surface area (TPSA) is 57.6 Å². The van der Waals surface area contributed by atoms with Gasteiger partial charge in [-0.1, -0.05) is 17.7 Å². The standard InChI is InChI=1S/C16H21NO3/c1-10-7-11(2)13(12(3)8-10)9-15(18)17-6-4-5-14(17)16(19)20/h7-8,14H,4-6,9H2,1-3H3,(H,19,20)/t14-/m1/s1. The minimum Gasteiger partial charge on any atom is -0.480 e. The van der Waals surface area contributed by atoms with E-state index in [1.165, 1.54) is 10.5 Å². The number of carboxylic acid groups (broad SMARTS) is 1. The SMILES string of the molecule is Cc1cc(C)c(CC(=O)N2CCC[C@@H]2C(=O)O)c(C)c1. The Morgan fingerprint density at radius 1 is 1.25 bits per heavy atom. The van der Waals surface area contributed by atoms with Gasteiger partial charge in [0.05, 0.1) is 6.42 Å². The summed E-state index contributed by atoms with van der Waals surface area (Å²) in [7, 11) is 0. The number of nitrogens with zero attached hydrogens (tertiary/aromatic N) is 1. The second-order valence-corrected chi connectivity index (χ2v) is 5.64. The molecule has 0 aromatic heterocycles. The van der Waals surface area contributed by atoms with Crippen molar-refractivity contribution in [3.8, 4) is 0 Å². The highest BCUT2D eigenvalue weighted by atomic mass is 16.4. The number of likely N-dealkylation sites (tertiary alicyclic amines) is 1. The fourth-order valence-electron chi connectivity index (χ4n) is 3.06. The number of carboxylic acids is 1. The molecule has 0 unspecified atom stereocenters. The molecule has 108 valence electrons. The monoisotopic (exact) mass is 275 g/mol. The molecule has 1 atom stereocenters. The lowest BCUT2D eigenvalue weighted by molar-refractivity contribution is -0.148. The molecule has 0 spiro atoms. The van der Waals surface area contributed by atoms with Crippen LogP contribution < -0.4 is 0 Å². The maximum absolute atomic E-state index is 12.4. The maximum Gasteiger partial charge on any atom is 0.326 e. The van der Waals surface area contributed by atoms with Crippen LogP contribution in [0.2, 0.25) is 0 Å². The van der Waals surface area contributed by atoms with E-state index in [9.17, 15) is 9.59 Å². The van der Waals surface area contributed by atoms with Gasteiger partial charge in [0.2, 0.25) is 5.91 Å². The Balaban J connectivity index is 2.18. The molecule has 1 aromatic rings. The molecule has 1 fully saturated rings. The van der Waals surface area contributed by atoms with E-state index in [4.69, 9.17) is 5.11 Å². The van der Waals surface area contributed by atoms with Crippen LogP contribution in [0.25, 0.3) is 0 Å². The Morgan fingerprint density at radius 2 is 1.85 bits per heavy atom. The minimum atomic E-state index is -0.895. The van der Waals surface area contributed by atoms with Crippen LogP contribution in [0.4, 0.5) is 0 Å². The second-order valence-electron chi connectivity index (χ2n) is 5.64. The van der Waals surface area contributed by atoms with Crippen molar-refractivity contribution in [3.05, 3.63) is 34.4 Å². The number of benzene rings is 1. The average Bonchev–Trinajstić information content (AvgIpc) is 2.82. The zero-order chi connectivity index (χ0) is 14.9. The van der Waals surface area contributed by atoms with Gasteiger partial charge >= 0.3 is 5.97 Å². The molecule has 0 bridgehead atoms. The molecule has 0 radical (unpaired) electrons. The Kier molecular flexibility index (Phi) is 4.12. The molecular weight excluding hydrogens is 254 g/mol. The van der Waals surface area contributed by atoms with Crippen LogP contribution in [-0.2, 0) is 16.0 Å². The first-order chi connectivity index (χ1) is 9.40. The third-order valence-corrected chi connectivity index (χ3v) is 4.03. The van der Waals surface area contributed by atoms with Crippen LogP contribution in [-0.4, -0.2) is 34.5 Å². The second kappa shape index (κ2) is 5.65. The predicted molar refractivity (Wildman–Crippen MR) is 76.7 cm³/mol. The Hall–Kier alpha value is -1.84. The van der Waals surface area contributed by atoms with E-state index < -0.39 is 12.0 Å². The zero-order valence-electron chi connectivity index (χ0n) is 12.3. The molecule has 0 aliphatic carbocycles. The van der Waals surface area contributed by atoms with Crippen molar-refractivity contribution >= 4 is 11.9 Å². The zero-order valence-corrected chi connectivity index (χ0v) is 12.3. The highest BCUT2D eigenvalue weighted by molar-refractivity contribution is 5.86. The van der Waals surface area contributed by atoms with Crippen molar-refractivity contribution in [1.82, 2.24) is 4.90 Å². The summed E-state index contributed by atoms with van der Waals surface area (Å²) in [4.78, 5) is 25.1. The molecule has 1 aliphatic rings. The third-order valence-electron chi connectivity index (χ3n) is 4.03. The molecule has 0 saturated carbocycles. The lowest BCUT2D eigenvalue weighted by Gasteiger charge is -2.22. The molecular formula is C16H21NO3. The summed E-state index contributed by atoms with van der Waals surface area (Å²) in [5.74, 6) is -0.974. The number of rotatable bonds is 3. The van der Waals surface area contributed by atoms with Gasteiger partial charge in [-0.2, -0.15) is 0 Å². The van der Waals surface area contributed by atoms with Gasteiger partial charge in [-0.25, -0.2) is 4.79 Å². The molecule has 1 N–H and O–H groups in total. The molecule has 1 heterocycles.